The van der Waals surface area contributed by atoms with Crippen LogP contribution < -0.4 is 10.1 Å². The molecular weight excluding hydrogens is 340 g/mol. The molecule has 0 spiro atoms. The number of hydrogen-bond acceptors (Lipinski definition) is 3. The molecule has 132 valence electrons. The fourth-order valence-corrected chi connectivity index (χ4v) is 2.43. The first-order valence-electron chi connectivity index (χ1n) is 7.99. The fraction of sp³-hybridized carbons (Fsp3) is 0.263. The number of nitrogens with one attached hydrogen (secondary N) is 1. The van der Waals surface area contributed by atoms with Crippen molar-refractivity contribution in [3.05, 3.63) is 64.7 Å². The van der Waals surface area contributed by atoms with Crippen molar-refractivity contribution >= 4 is 23.4 Å². The minimum Gasteiger partial charge on any atom is -0.494 e. The van der Waals surface area contributed by atoms with Gasteiger partial charge in [0.2, 0.25) is 5.91 Å². The Labute approximate surface area is 152 Å². The Morgan fingerprint density at radius 1 is 1.12 bits per heavy atom. The van der Waals surface area contributed by atoms with Crippen LogP contribution in [0.3, 0.4) is 0 Å². The van der Waals surface area contributed by atoms with Crippen molar-refractivity contribution in [2.75, 3.05) is 20.2 Å². The van der Waals surface area contributed by atoms with Gasteiger partial charge in [-0.2, -0.15) is 0 Å². The van der Waals surface area contributed by atoms with Crippen molar-refractivity contribution in [1.29, 1.82) is 0 Å². The number of carbonyl (C=O) groups is 2. The molecule has 0 aromatic heterocycles. The maximum Gasteiger partial charge on any atom is 0.251 e. The van der Waals surface area contributed by atoms with Crippen LogP contribution in [0.2, 0.25) is 5.02 Å². The van der Waals surface area contributed by atoms with Crippen LogP contribution in [0.1, 0.15) is 22.8 Å². The third-order valence-corrected chi connectivity index (χ3v) is 3.99. The number of benzene rings is 2. The van der Waals surface area contributed by atoms with Gasteiger partial charge < -0.3 is 15.0 Å². The summed E-state index contributed by atoms with van der Waals surface area (Å²) in [6, 6.07) is 14.1. The minimum absolute atomic E-state index is 0.0764. The van der Waals surface area contributed by atoms with E-state index in [1.165, 1.54) is 4.90 Å². The van der Waals surface area contributed by atoms with E-state index in [0.717, 1.165) is 5.56 Å². The second-order valence-electron chi connectivity index (χ2n) is 5.48. The van der Waals surface area contributed by atoms with Gasteiger partial charge in [0.15, 0.2) is 0 Å². The normalized spacial score (nSPS) is 10.2. The molecule has 0 aliphatic rings. The van der Waals surface area contributed by atoms with Crippen LogP contribution in [0, 0.1) is 0 Å². The maximum atomic E-state index is 12.2. The van der Waals surface area contributed by atoms with E-state index < -0.39 is 0 Å². The van der Waals surface area contributed by atoms with Crippen LogP contribution in [0.4, 0.5) is 0 Å². The number of halogens is 1. The summed E-state index contributed by atoms with van der Waals surface area (Å²) in [6.07, 6.45) is 0. The summed E-state index contributed by atoms with van der Waals surface area (Å²) < 4.78 is 5.33. The minimum atomic E-state index is -0.303. The van der Waals surface area contributed by atoms with Gasteiger partial charge in [0.1, 0.15) is 5.75 Å². The number of hydrogen-bond donors (Lipinski definition) is 1. The molecule has 1 N–H and O–H groups in total. The van der Waals surface area contributed by atoms with Crippen LogP contribution in [-0.4, -0.2) is 36.9 Å². The van der Waals surface area contributed by atoms with Gasteiger partial charge in [-0.15, -0.1) is 0 Å². The summed E-state index contributed by atoms with van der Waals surface area (Å²) in [4.78, 5) is 25.8. The van der Waals surface area contributed by atoms with E-state index >= 15 is 0 Å². The van der Waals surface area contributed by atoms with Crippen LogP contribution >= 0.6 is 11.6 Å². The summed E-state index contributed by atoms with van der Waals surface area (Å²) in [5.41, 5.74) is 1.34. The van der Waals surface area contributed by atoms with E-state index in [4.69, 9.17) is 16.3 Å². The van der Waals surface area contributed by atoms with Crippen molar-refractivity contribution in [1.82, 2.24) is 10.2 Å². The molecule has 0 heterocycles. The van der Waals surface area contributed by atoms with E-state index in [-0.39, 0.29) is 18.4 Å². The molecule has 2 rings (SSSR count). The summed E-state index contributed by atoms with van der Waals surface area (Å²) in [5, 5.41) is 3.24. The molecule has 0 aliphatic heterocycles. The second kappa shape index (κ2) is 9.08. The van der Waals surface area contributed by atoms with Crippen LogP contribution in [0.15, 0.2) is 48.5 Å². The summed E-state index contributed by atoms with van der Waals surface area (Å²) in [5.74, 6) is 0.205. The molecule has 0 bridgehead atoms. The van der Waals surface area contributed by atoms with Gasteiger partial charge in [-0.1, -0.05) is 29.8 Å². The fourth-order valence-electron chi connectivity index (χ4n) is 2.23. The molecule has 5 nitrogen and oxygen atoms in total. The van der Waals surface area contributed by atoms with Gasteiger partial charge >= 0.3 is 0 Å². The lowest BCUT2D eigenvalue weighted by Gasteiger charge is -2.18. The smallest absolute Gasteiger partial charge is 0.251 e. The van der Waals surface area contributed by atoms with Gasteiger partial charge in [-0.25, -0.2) is 0 Å². The lowest BCUT2D eigenvalue weighted by Crippen LogP contribution is -2.37. The first-order valence-corrected chi connectivity index (χ1v) is 8.37. The molecule has 2 aromatic rings. The van der Waals surface area contributed by atoms with E-state index in [1.807, 2.05) is 25.1 Å². The molecule has 2 amide bonds. The largest absolute Gasteiger partial charge is 0.494 e. The molecule has 25 heavy (non-hydrogen) atoms. The van der Waals surface area contributed by atoms with Gasteiger partial charge in [-0.05, 0) is 42.8 Å². The van der Waals surface area contributed by atoms with Crippen LogP contribution in [0.5, 0.6) is 5.75 Å². The standard InChI is InChI=1S/C19H21ClN2O3/c1-3-25-16-10-8-14(9-11-16)19(24)21-12-18(23)22(2)13-15-6-4-5-7-17(15)20/h4-11H,3,12-13H2,1-2H3,(H,21,24). The Balaban J connectivity index is 1.86. The zero-order chi connectivity index (χ0) is 18.2. The van der Waals surface area contributed by atoms with Gasteiger partial charge in [0, 0.05) is 24.2 Å². The van der Waals surface area contributed by atoms with E-state index in [9.17, 15) is 9.59 Å². The topological polar surface area (TPSA) is 58.6 Å². The monoisotopic (exact) mass is 360 g/mol. The van der Waals surface area contributed by atoms with Gasteiger partial charge in [-0.3, -0.25) is 9.59 Å². The average Bonchev–Trinajstić information content (AvgIpc) is 2.62. The van der Waals surface area contributed by atoms with Crippen molar-refractivity contribution in [2.45, 2.75) is 13.5 Å². The molecular formula is C19H21ClN2O3. The highest BCUT2D eigenvalue weighted by molar-refractivity contribution is 6.31. The number of likely N-dealkylation sites (N-methyl/N-ethyl adjacent to an activating group) is 1. The Morgan fingerprint density at radius 2 is 1.80 bits per heavy atom. The maximum absolute atomic E-state index is 12.2. The summed E-state index contributed by atoms with van der Waals surface area (Å²) in [7, 11) is 1.68. The van der Waals surface area contributed by atoms with Crippen molar-refractivity contribution in [2.24, 2.45) is 0 Å². The Bertz CT molecular complexity index is 732. The van der Waals surface area contributed by atoms with Crippen molar-refractivity contribution in [3.8, 4) is 5.75 Å². The van der Waals surface area contributed by atoms with E-state index in [2.05, 4.69) is 5.32 Å². The Morgan fingerprint density at radius 3 is 2.44 bits per heavy atom. The first kappa shape index (κ1) is 18.8. The molecule has 6 heteroatoms. The lowest BCUT2D eigenvalue weighted by molar-refractivity contribution is -0.129. The molecule has 0 atom stereocenters. The second-order valence-corrected chi connectivity index (χ2v) is 5.89. The number of nitrogens with zero attached hydrogens (tertiary/aromatic N) is 1. The average molecular weight is 361 g/mol. The highest BCUT2D eigenvalue weighted by Gasteiger charge is 2.13. The van der Waals surface area contributed by atoms with Crippen molar-refractivity contribution in [3.63, 3.8) is 0 Å². The van der Waals surface area contributed by atoms with Gasteiger partial charge in [0.05, 0.1) is 13.2 Å². The van der Waals surface area contributed by atoms with Crippen LogP contribution in [-0.2, 0) is 11.3 Å². The quantitative estimate of drug-likeness (QED) is 0.825. The molecule has 2 aromatic carbocycles. The Kier molecular flexibility index (Phi) is 6.83. The van der Waals surface area contributed by atoms with Crippen LogP contribution in [0.25, 0.3) is 0 Å². The van der Waals surface area contributed by atoms with E-state index in [0.29, 0.717) is 29.5 Å². The first-order chi connectivity index (χ1) is 12.0. The van der Waals surface area contributed by atoms with Gasteiger partial charge in [0.25, 0.3) is 5.91 Å². The summed E-state index contributed by atoms with van der Waals surface area (Å²) in [6.45, 7) is 2.77. The highest BCUT2D eigenvalue weighted by Crippen LogP contribution is 2.16. The summed E-state index contributed by atoms with van der Waals surface area (Å²) >= 11 is 6.10. The molecule has 0 saturated carbocycles. The zero-order valence-electron chi connectivity index (χ0n) is 14.3. The molecule has 0 saturated heterocycles. The third-order valence-electron chi connectivity index (χ3n) is 3.62. The number of rotatable bonds is 7. The number of carbonyl (C=O) groups excluding carboxylic acids is 2. The lowest BCUT2D eigenvalue weighted by atomic mass is 10.2. The molecule has 0 radical (unpaired) electrons. The number of amides is 2. The predicted molar refractivity (Wildman–Crippen MR) is 97.9 cm³/mol. The molecule has 0 aliphatic carbocycles. The number of ether oxygens (including phenoxy) is 1. The predicted octanol–water partition coefficient (Wildman–Crippen LogP) is 3.13. The van der Waals surface area contributed by atoms with E-state index in [1.54, 1.807) is 37.4 Å². The SMILES string of the molecule is CCOc1ccc(C(=O)NCC(=O)N(C)Cc2ccccc2Cl)cc1. The molecule has 0 unspecified atom stereocenters. The Hall–Kier alpha value is -2.53. The third kappa shape index (κ3) is 5.50. The highest BCUT2D eigenvalue weighted by atomic mass is 35.5. The van der Waals surface area contributed by atoms with Crippen molar-refractivity contribution < 1.29 is 14.3 Å². The zero-order valence-corrected chi connectivity index (χ0v) is 15.0. The molecule has 0 fully saturated rings.